The van der Waals surface area contributed by atoms with Crippen molar-refractivity contribution >= 4 is 59.1 Å². The number of nitrogens with one attached hydrogen (secondary N) is 4. The van der Waals surface area contributed by atoms with Crippen LogP contribution < -0.4 is 21.3 Å². The number of rotatable bonds is 10. The van der Waals surface area contributed by atoms with E-state index in [9.17, 15) is 61.1 Å². The van der Waals surface area contributed by atoms with Gasteiger partial charge in [-0.2, -0.15) is 13.2 Å². The van der Waals surface area contributed by atoms with E-state index in [4.69, 9.17) is 0 Å². The number of alkyl halides is 3. The Bertz CT molecular complexity index is 2410. The highest BCUT2D eigenvalue weighted by atomic mass is 19.4. The molecular formula is C64H108F3N11O10. The van der Waals surface area contributed by atoms with Crippen molar-refractivity contribution in [2.45, 2.75) is 237 Å². The molecule has 4 N–H and O–H groups in total. The SMILES string of the molecule is CC[C@H](C)[C@@H]1NC[C@H](CC(C)C)N(C)C(=O)C[C@@H](C)NC(=O)[C@H](C(C)C)N(C)C(=O)C2(CCCC2)NC(=O)[C@@H]2CCCN2C(=O)[C@H](CCC2CCC(C(F)(F)F)CC2)NC(=O)CN(C)C(=O)[C@H](CC2CCCCC2)N(C)C(=O)CN(C)C(=O)CN(C)C1=O. The van der Waals surface area contributed by atoms with Crippen molar-refractivity contribution in [1.82, 2.24) is 55.6 Å². The molecule has 0 bridgehead atoms. The Kier molecular flexibility index (Phi) is 27.4. The smallest absolute Gasteiger partial charge is 0.351 e. The number of fused-ring (bicyclic) bond motifs is 1. The van der Waals surface area contributed by atoms with Crippen LogP contribution in [0.5, 0.6) is 0 Å². The average molecular weight is 1250 g/mol. The quantitative estimate of drug-likeness (QED) is 0.214. The van der Waals surface area contributed by atoms with Crippen LogP contribution >= 0.6 is 0 Å². The number of nitrogens with zero attached hydrogens (tertiary/aromatic N) is 7. The molecule has 2 aliphatic heterocycles. The Morgan fingerprint density at radius 2 is 1.23 bits per heavy atom. The topological polar surface area (TPSA) is 242 Å². The highest BCUT2D eigenvalue weighted by molar-refractivity contribution is 5.99. The van der Waals surface area contributed by atoms with Crippen LogP contribution in [-0.2, 0) is 47.9 Å². The van der Waals surface area contributed by atoms with Crippen molar-refractivity contribution in [3.8, 4) is 0 Å². The minimum Gasteiger partial charge on any atom is -0.351 e. The molecule has 5 rings (SSSR count). The minimum atomic E-state index is -4.32. The standard InChI is InChI=1S/C64H108F3N11O10/c1-14-42(6)55-61(87)74(10)38-53(81)72(8)39-54(82)76(12)50(35-45-21-16-15-17-22-45)60(86)73(9)37-51(79)70-48(29-26-44-24-27-46(28-25-44)64(65,66)67)59(85)78-32-20-23-49(78)57(83)71-63(30-18-19-31-63)62(88)77(13)56(41(4)5)58(84)69-43(7)34-52(80)75(11)47(36-68-55)33-40(2)3/h40-50,55-56,68H,14-39H2,1-13H3,(H,69,84)(H,70,79)(H,71,83)/t42-,43+,44?,46?,47-,48-,49-,50-,55-,56-/m0/s1. The van der Waals surface area contributed by atoms with E-state index in [2.05, 4.69) is 21.3 Å². The molecule has 24 heteroatoms. The number of carbonyl (C=O) groups is 10. The zero-order valence-corrected chi connectivity index (χ0v) is 55.2. The first kappa shape index (κ1) is 73.2. The third-order valence-electron chi connectivity index (χ3n) is 19.8. The Labute approximate surface area is 521 Å². The van der Waals surface area contributed by atoms with Gasteiger partial charge in [0.1, 0.15) is 29.7 Å². The van der Waals surface area contributed by atoms with Gasteiger partial charge in [-0.15, -0.1) is 0 Å². The molecule has 5 aliphatic rings. The highest BCUT2D eigenvalue weighted by Crippen LogP contribution is 2.41. The third-order valence-corrected chi connectivity index (χ3v) is 19.8. The molecule has 0 aromatic heterocycles. The predicted molar refractivity (Wildman–Crippen MR) is 328 cm³/mol. The maximum atomic E-state index is 15.0. The fourth-order valence-electron chi connectivity index (χ4n) is 14.1. The Balaban J connectivity index is 1.50. The van der Waals surface area contributed by atoms with Gasteiger partial charge in [0.15, 0.2) is 0 Å². The van der Waals surface area contributed by atoms with Gasteiger partial charge in [-0.25, -0.2) is 0 Å². The largest absolute Gasteiger partial charge is 0.391 e. The van der Waals surface area contributed by atoms with E-state index in [0.717, 1.165) is 32.1 Å². The van der Waals surface area contributed by atoms with E-state index in [1.54, 1.807) is 32.7 Å². The van der Waals surface area contributed by atoms with Crippen molar-refractivity contribution in [3.63, 3.8) is 0 Å². The summed E-state index contributed by atoms with van der Waals surface area (Å²) in [7, 11) is 9.12. The Morgan fingerprint density at radius 3 is 1.82 bits per heavy atom. The van der Waals surface area contributed by atoms with Gasteiger partial charge in [0.05, 0.1) is 31.6 Å². The Hall–Kier alpha value is -5.55. The molecule has 5 fully saturated rings. The second-order valence-corrected chi connectivity index (χ2v) is 27.6. The highest BCUT2D eigenvalue weighted by Gasteiger charge is 2.50. The van der Waals surface area contributed by atoms with Crippen LogP contribution in [0.15, 0.2) is 0 Å². The first-order chi connectivity index (χ1) is 41.3. The molecule has 3 aliphatic carbocycles. The molecule has 500 valence electrons. The van der Waals surface area contributed by atoms with E-state index in [0.29, 0.717) is 44.9 Å². The molecule has 0 aromatic rings. The zero-order chi connectivity index (χ0) is 65.5. The van der Waals surface area contributed by atoms with E-state index in [1.807, 2.05) is 27.7 Å². The van der Waals surface area contributed by atoms with Crippen LogP contribution in [0.3, 0.4) is 0 Å². The lowest BCUT2D eigenvalue weighted by atomic mass is 9.79. The summed E-state index contributed by atoms with van der Waals surface area (Å²) in [5, 5.41) is 12.3. The van der Waals surface area contributed by atoms with Crippen LogP contribution in [0.2, 0.25) is 0 Å². The van der Waals surface area contributed by atoms with Crippen LogP contribution in [-0.4, -0.2) is 222 Å². The summed E-state index contributed by atoms with van der Waals surface area (Å²) in [4.78, 5) is 154. The molecule has 3 saturated carbocycles. The Morgan fingerprint density at radius 1 is 0.614 bits per heavy atom. The fraction of sp³-hybridized carbons (Fsp3) is 0.844. The number of hydrogen-bond acceptors (Lipinski definition) is 11. The van der Waals surface area contributed by atoms with Gasteiger partial charge < -0.3 is 55.6 Å². The monoisotopic (exact) mass is 1250 g/mol. The molecule has 0 unspecified atom stereocenters. The van der Waals surface area contributed by atoms with E-state index < -0.39 is 120 Å². The molecule has 0 aromatic carbocycles. The molecule has 2 saturated heterocycles. The first-order valence-corrected chi connectivity index (χ1v) is 32.8. The van der Waals surface area contributed by atoms with Gasteiger partial charge in [0.2, 0.25) is 59.1 Å². The molecule has 10 amide bonds. The van der Waals surface area contributed by atoms with E-state index in [-0.39, 0.29) is 119 Å². The van der Waals surface area contributed by atoms with Crippen LogP contribution in [0.25, 0.3) is 0 Å². The summed E-state index contributed by atoms with van der Waals surface area (Å²) in [5.74, 6) is -7.04. The van der Waals surface area contributed by atoms with Gasteiger partial charge in [0.25, 0.3) is 0 Å². The summed E-state index contributed by atoms with van der Waals surface area (Å²) in [6.07, 6.45) is 4.82. The molecule has 2 heterocycles. The zero-order valence-electron chi connectivity index (χ0n) is 55.2. The molecule has 88 heavy (non-hydrogen) atoms. The molecule has 1 spiro atoms. The van der Waals surface area contributed by atoms with Crippen molar-refractivity contribution in [2.24, 2.45) is 35.5 Å². The van der Waals surface area contributed by atoms with Gasteiger partial charge in [-0.05, 0) is 114 Å². The van der Waals surface area contributed by atoms with Crippen molar-refractivity contribution < 1.29 is 61.1 Å². The average Bonchev–Trinajstić information content (AvgIpc) is 3.30. The molecule has 8 atom stereocenters. The van der Waals surface area contributed by atoms with Crippen LogP contribution in [0.1, 0.15) is 183 Å². The number of hydrogen-bond donors (Lipinski definition) is 4. The molecular weight excluding hydrogens is 1140 g/mol. The lowest BCUT2D eigenvalue weighted by molar-refractivity contribution is -0.184. The first-order valence-electron chi connectivity index (χ1n) is 32.8. The number of likely N-dealkylation sites (N-methyl/N-ethyl adjacent to an activating group) is 6. The van der Waals surface area contributed by atoms with Crippen molar-refractivity contribution in [3.05, 3.63) is 0 Å². The maximum Gasteiger partial charge on any atom is 0.391 e. The summed E-state index contributed by atoms with van der Waals surface area (Å²) in [5.41, 5.74) is -1.42. The van der Waals surface area contributed by atoms with Crippen molar-refractivity contribution in [1.29, 1.82) is 0 Å². The maximum absolute atomic E-state index is 15.0. The summed E-state index contributed by atoms with van der Waals surface area (Å²) in [6.45, 7) is 12.3. The summed E-state index contributed by atoms with van der Waals surface area (Å²) < 4.78 is 41.2. The minimum absolute atomic E-state index is 0.0372. The van der Waals surface area contributed by atoms with Crippen molar-refractivity contribution in [2.75, 3.05) is 75.0 Å². The lowest BCUT2D eigenvalue weighted by Gasteiger charge is -2.39. The van der Waals surface area contributed by atoms with E-state index >= 15 is 0 Å². The van der Waals surface area contributed by atoms with Gasteiger partial charge in [-0.3, -0.25) is 47.9 Å². The van der Waals surface area contributed by atoms with Crippen LogP contribution in [0, 0.1) is 35.5 Å². The normalized spacial score (nSPS) is 29.5. The fourth-order valence-corrected chi connectivity index (χ4v) is 14.1. The second-order valence-electron chi connectivity index (χ2n) is 27.6. The van der Waals surface area contributed by atoms with Crippen LogP contribution in [0.4, 0.5) is 13.2 Å². The van der Waals surface area contributed by atoms with Gasteiger partial charge in [0, 0.05) is 73.9 Å². The summed E-state index contributed by atoms with van der Waals surface area (Å²) in [6, 6.07) is -6.16. The van der Waals surface area contributed by atoms with Gasteiger partial charge in [-0.1, -0.05) is 92.9 Å². The lowest BCUT2D eigenvalue weighted by Crippen LogP contribution is -2.64. The third kappa shape index (κ3) is 19.7. The molecule has 0 radical (unpaired) electrons. The number of halogens is 3. The number of carbonyl (C=O) groups excluding carboxylic acids is 10. The number of amides is 10. The summed E-state index contributed by atoms with van der Waals surface area (Å²) >= 11 is 0. The predicted octanol–water partition coefficient (Wildman–Crippen LogP) is 5.48. The van der Waals surface area contributed by atoms with Gasteiger partial charge >= 0.3 is 6.18 Å². The van der Waals surface area contributed by atoms with E-state index in [1.165, 1.54) is 64.6 Å². The molecule has 21 nitrogen and oxygen atoms in total. The second kappa shape index (κ2) is 33.0.